The summed E-state index contributed by atoms with van der Waals surface area (Å²) in [4.78, 5) is 0. The first kappa shape index (κ1) is 11.6. The molecule has 1 fully saturated rings. The standard InChI is InChI=1S/C14H20O2/c1-9-5-7-13(8-6-9)14-10(2)11(3)15-12(4)16-14/h5-8,10-12,14H,1-4H3/t10-,11+,12-,14-/m1/s1. The topological polar surface area (TPSA) is 18.5 Å². The third kappa shape index (κ3) is 2.28. The minimum Gasteiger partial charge on any atom is -0.350 e. The second-order valence-corrected chi connectivity index (χ2v) is 4.74. The molecule has 0 N–H and O–H groups in total. The van der Waals surface area contributed by atoms with Gasteiger partial charge in [0.2, 0.25) is 0 Å². The molecule has 2 rings (SSSR count). The lowest BCUT2D eigenvalue weighted by Gasteiger charge is -2.38. The van der Waals surface area contributed by atoms with Crippen LogP contribution in [0.2, 0.25) is 0 Å². The van der Waals surface area contributed by atoms with Crippen LogP contribution in [-0.4, -0.2) is 12.4 Å². The predicted octanol–water partition coefficient (Wildman–Crippen LogP) is 3.45. The van der Waals surface area contributed by atoms with Crippen LogP contribution in [-0.2, 0) is 9.47 Å². The van der Waals surface area contributed by atoms with Crippen molar-refractivity contribution in [2.75, 3.05) is 0 Å². The minimum absolute atomic E-state index is 0.113. The molecule has 4 atom stereocenters. The van der Waals surface area contributed by atoms with Crippen molar-refractivity contribution in [3.63, 3.8) is 0 Å². The highest BCUT2D eigenvalue weighted by Crippen LogP contribution is 2.35. The van der Waals surface area contributed by atoms with Crippen molar-refractivity contribution < 1.29 is 9.47 Å². The molecule has 0 unspecified atom stereocenters. The van der Waals surface area contributed by atoms with Crippen LogP contribution in [0.4, 0.5) is 0 Å². The molecule has 0 aromatic heterocycles. The first-order chi connectivity index (χ1) is 7.58. The highest BCUT2D eigenvalue weighted by molar-refractivity contribution is 5.24. The Morgan fingerprint density at radius 2 is 1.56 bits per heavy atom. The van der Waals surface area contributed by atoms with E-state index in [4.69, 9.17) is 9.47 Å². The first-order valence-corrected chi connectivity index (χ1v) is 5.95. The molecule has 0 aliphatic carbocycles. The van der Waals surface area contributed by atoms with Gasteiger partial charge in [0.1, 0.15) is 0 Å². The average Bonchev–Trinajstić information content (AvgIpc) is 2.25. The van der Waals surface area contributed by atoms with Gasteiger partial charge in [-0.15, -0.1) is 0 Å². The van der Waals surface area contributed by atoms with E-state index in [0.717, 1.165) is 0 Å². The van der Waals surface area contributed by atoms with Gasteiger partial charge in [-0.3, -0.25) is 0 Å². The lowest BCUT2D eigenvalue weighted by Crippen LogP contribution is -2.37. The van der Waals surface area contributed by atoms with Gasteiger partial charge in [0, 0.05) is 5.92 Å². The Kier molecular flexibility index (Phi) is 3.31. The summed E-state index contributed by atoms with van der Waals surface area (Å²) < 4.78 is 11.5. The van der Waals surface area contributed by atoms with Crippen LogP contribution in [0.25, 0.3) is 0 Å². The fourth-order valence-corrected chi connectivity index (χ4v) is 2.17. The van der Waals surface area contributed by atoms with E-state index in [-0.39, 0.29) is 18.5 Å². The molecule has 0 radical (unpaired) electrons. The molecule has 1 aromatic rings. The molecule has 1 aliphatic heterocycles. The third-order valence-electron chi connectivity index (χ3n) is 3.37. The Hall–Kier alpha value is -0.860. The molecular weight excluding hydrogens is 200 g/mol. The van der Waals surface area contributed by atoms with Gasteiger partial charge in [-0.05, 0) is 26.3 Å². The Morgan fingerprint density at radius 3 is 2.19 bits per heavy atom. The van der Waals surface area contributed by atoms with Crippen molar-refractivity contribution in [1.82, 2.24) is 0 Å². The van der Waals surface area contributed by atoms with Gasteiger partial charge in [-0.2, -0.15) is 0 Å². The highest BCUT2D eigenvalue weighted by Gasteiger charge is 2.33. The zero-order valence-corrected chi connectivity index (χ0v) is 10.4. The largest absolute Gasteiger partial charge is 0.350 e. The maximum absolute atomic E-state index is 5.87. The normalized spacial score (nSPS) is 35.0. The van der Waals surface area contributed by atoms with Gasteiger partial charge in [0.25, 0.3) is 0 Å². The number of ether oxygens (including phenoxy) is 2. The van der Waals surface area contributed by atoms with E-state index in [1.165, 1.54) is 11.1 Å². The van der Waals surface area contributed by atoms with Gasteiger partial charge in [-0.1, -0.05) is 36.8 Å². The number of hydrogen-bond donors (Lipinski definition) is 0. The fraction of sp³-hybridized carbons (Fsp3) is 0.571. The molecule has 1 aromatic carbocycles. The van der Waals surface area contributed by atoms with E-state index >= 15 is 0 Å². The van der Waals surface area contributed by atoms with Crippen LogP contribution in [0, 0.1) is 12.8 Å². The second-order valence-electron chi connectivity index (χ2n) is 4.74. The summed E-state index contributed by atoms with van der Waals surface area (Å²) >= 11 is 0. The SMILES string of the molecule is Cc1ccc([C@@H]2O[C@H](C)O[C@@H](C)[C@H]2C)cc1. The third-order valence-corrected chi connectivity index (χ3v) is 3.37. The number of aryl methyl sites for hydroxylation is 1. The van der Waals surface area contributed by atoms with E-state index < -0.39 is 0 Å². The molecule has 16 heavy (non-hydrogen) atoms. The lowest BCUT2D eigenvalue weighted by atomic mass is 9.91. The molecule has 0 bridgehead atoms. The molecule has 1 saturated heterocycles. The number of hydrogen-bond acceptors (Lipinski definition) is 2. The maximum atomic E-state index is 5.87. The summed E-state index contributed by atoms with van der Waals surface area (Å²) in [6.45, 7) is 8.36. The highest BCUT2D eigenvalue weighted by atomic mass is 16.7. The predicted molar refractivity (Wildman–Crippen MR) is 64.2 cm³/mol. The van der Waals surface area contributed by atoms with Crippen molar-refractivity contribution >= 4 is 0 Å². The van der Waals surface area contributed by atoms with Crippen molar-refractivity contribution in [2.45, 2.75) is 46.2 Å². The smallest absolute Gasteiger partial charge is 0.156 e. The molecule has 2 heteroatoms. The van der Waals surface area contributed by atoms with Gasteiger partial charge in [0.15, 0.2) is 6.29 Å². The van der Waals surface area contributed by atoms with E-state index in [2.05, 4.69) is 45.0 Å². The monoisotopic (exact) mass is 220 g/mol. The molecule has 1 heterocycles. The van der Waals surface area contributed by atoms with Crippen LogP contribution in [0.3, 0.4) is 0 Å². The number of rotatable bonds is 1. The Labute approximate surface area is 97.6 Å². The maximum Gasteiger partial charge on any atom is 0.156 e. The van der Waals surface area contributed by atoms with Crippen molar-refractivity contribution in [2.24, 2.45) is 5.92 Å². The van der Waals surface area contributed by atoms with Crippen LogP contribution in [0.15, 0.2) is 24.3 Å². The fourth-order valence-electron chi connectivity index (χ4n) is 2.17. The van der Waals surface area contributed by atoms with Crippen LogP contribution < -0.4 is 0 Å². The molecule has 0 amide bonds. The van der Waals surface area contributed by atoms with Crippen molar-refractivity contribution in [1.29, 1.82) is 0 Å². The Morgan fingerprint density at radius 1 is 0.938 bits per heavy atom. The summed E-state index contributed by atoms with van der Waals surface area (Å²) in [5.41, 5.74) is 2.53. The molecular formula is C14H20O2. The molecule has 88 valence electrons. The summed E-state index contributed by atoms with van der Waals surface area (Å²) in [5, 5.41) is 0. The van der Waals surface area contributed by atoms with E-state index in [0.29, 0.717) is 5.92 Å². The minimum atomic E-state index is -0.113. The molecule has 0 spiro atoms. The van der Waals surface area contributed by atoms with Crippen molar-refractivity contribution in [3.8, 4) is 0 Å². The molecule has 2 nitrogen and oxygen atoms in total. The zero-order chi connectivity index (χ0) is 11.7. The zero-order valence-electron chi connectivity index (χ0n) is 10.4. The van der Waals surface area contributed by atoms with E-state index in [1.54, 1.807) is 0 Å². The summed E-state index contributed by atoms with van der Waals surface area (Å²) in [5.74, 6) is 0.388. The van der Waals surface area contributed by atoms with Crippen molar-refractivity contribution in [3.05, 3.63) is 35.4 Å². The van der Waals surface area contributed by atoms with Gasteiger partial charge in [0.05, 0.1) is 12.2 Å². The summed E-state index contributed by atoms with van der Waals surface area (Å²) in [6, 6.07) is 8.58. The second kappa shape index (κ2) is 4.56. The average molecular weight is 220 g/mol. The van der Waals surface area contributed by atoms with E-state index in [9.17, 15) is 0 Å². The summed E-state index contributed by atoms with van der Waals surface area (Å²) in [6.07, 6.45) is 0.284. The number of benzene rings is 1. The van der Waals surface area contributed by atoms with Gasteiger partial charge >= 0.3 is 0 Å². The lowest BCUT2D eigenvalue weighted by molar-refractivity contribution is -0.256. The first-order valence-electron chi connectivity index (χ1n) is 5.95. The quantitative estimate of drug-likeness (QED) is 0.721. The van der Waals surface area contributed by atoms with E-state index in [1.807, 2.05) is 6.92 Å². The molecule has 0 saturated carbocycles. The van der Waals surface area contributed by atoms with Crippen LogP contribution in [0.1, 0.15) is 38.0 Å². The Balaban J connectivity index is 2.21. The summed E-state index contributed by atoms with van der Waals surface area (Å²) in [7, 11) is 0. The van der Waals surface area contributed by atoms with Crippen LogP contribution in [0.5, 0.6) is 0 Å². The molecule has 1 aliphatic rings. The van der Waals surface area contributed by atoms with Crippen LogP contribution >= 0.6 is 0 Å². The Bertz CT molecular complexity index is 344. The van der Waals surface area contributed by atoms with Gasteiger partial charge < -0.3 is 9.47 Å². The van der Waals surface area contributed by atoms with Gasteiger partial charge in [-0.25, -0.2) is 0 Å².